The van der Waals surface area contributed by atoms with Gasteiger partial charge in [-0.15, -0.1) is 0 Å². The molecule has 0 bridgehead atoms. The fourth-order valence-electron chi connectivity index (χ4n) is 11.4. The van der Waals surface area contributed by atoms with E-state index in [1.807, 2.05) is 19.9 Å². The van der Waals surface area contributed by atoms with Crippen LogP contribution in [0.5, 0.6) is 0 Å². The number of anilines is 1. The number of primary amides is 1. The predicted molar refractivity (Wildman–Crippen MR) is 351 cm³/mol. The average Bonchev–Trinajstić information content (AvgIpc) is 1.82. The number of amides is 12. The molecule has 30 nitrogen and oxygen atoms in total. The van der Waals surface area contributed by atoms with Gasteiger partial charge in [0.15, 0.2) is 0 Å². The largest absolute Gasteiger partial charge is 0.478 e. The summed E-state index contributed by atoms with van der Waals surface area (Å²) in [5.74, 6) is -9.67. The number of urea groups is 1. The van der Waals surface area contributed by atoms with Crippen LogP contribution < -0.4 is 54.0 Å². The topological polar surface area (TPSA) is 431 Å². The molecule has 530 valence electrons. The molecule has 1 heterocycles. The lowest BCUT2D eigenvalue weighted by atomic mass is 9.89. The Morgan fingerprint density at radius 2 is 1.29 bits per heavy atom. The van der Waals surface area contributed by atoms with Gasteiger partial charge in [0.2, 0.25) is 59.3 Å². The van der Waals surface area contributed by atoms with Gasteiger partial charge in [0.1, 0.15) is 24.2 Å². The molecule has 2 aromatic rings. The number of likely N-dealkylation sites (tertiary alicyclic amines) is 1. The first-order valence-electron chi connectivity index (χ1n) is 32.1. The minimum Gasteiger partial charge on any atom is -0.478 e. The molecular formula is C65H103N13O17. The van der Waals surface area contributed by atoms with Gasteiger partial charge in [-0.05, 0) is 74.0 Å². The molecule has 12 amide bonds. The van der Waals surface area contributed by atoms with E-state index in [1.165, 1.54) is 50.4 Å². The van der Waals surface area contributed by atoms with Crippen LogP contribution in [-0.2, 0) is 62.2 Å². The zero-order valence-corrected chi connectivity index (χ0v) is 57.2. The summed E-state index contributed by atoms with van der Waals surface area (Å²) in [6.07, 6.45) is -3.92. The molecule has 1 aliphatic rings. The van der Waals surface area contributed by atoms with Crippen molar-refractivity contribution in [3.05, 3.63) is 65.7 Å². The summed E-state index contributed by atoms with van der Waals surface area (Å²) in [7, 11) is 5.78. The van der Waals surface area contributed by atoms with Crippen molar-refractivity contribution in [1.82, 2.24) is 51.9 Å². The van der Waals surface area contributed by atoms with Crippen LogP contribution in [0.1, 0.15) is 131 Å². The van der Waals surface area contributed by atoms with Crippen LogP contribution in [0, 0.1) is 29.6 Å². The lowest BCUT2D eigenvalue weighted by Gasteiger charge is -2.41. The van der Waals surface area contributed by atoms with E-state index in [1.54, 1.807) is 91.6 Å². The number of methoxy groups -OCH3 is 2. The minimum atomic E-state index is -1.94. The molecule has 1 saturated heterocycles. The van der Waals surface area contributed by atoms with E-state index in [0.717, 1.165) is 4.90 Å². The Bertz CT molecular complexity index is 2900. The van der Waals surface area contributed by atoms with Gasteiger partial charge in [-0.25, -0.2) is 14.4 Å². The number of carboxylic acid groups (broad SMARTS) is 1. The fraction of sp³-hybridized carbons (Fsp3) is 0.631. The maximum Gasteiger partial charge on any atom is 0.411 e. The smallest absolute Gasteiger partial charge is 0.411 e. The quantitative estimate of drug-likeness (QED) is 0.0423. The number of hydrogen-bond acceptors (Lipinski definition) is 17. The molecule has 1 aliphatic heterocycles. The summed E-state index contributed by atoms with van der Waals surface area (Å²) in [6, 6.07) is 6.56. The van der Waals surface area contributed by atoms with Crippen LogP contribution in [0.15, 0.2) is 54.6 Å². The fourth-order valence-corrected chi connectivity index (χ4v) is 11.4. The molecule has 2 aromatic carbocycles. The van der Waals surface area contributed by atoms with Crippen molar-refractivity contribution >= 4 is 76.9 Å². The number of nitrogens with one attached hydrogen (secondary N) is 8. The number of aliphatic hydroxyl groups excluding tert-OH is 1. The predicted octanol–water partition coefficient (Wildman–Crippen LogP) is 1.41. The Hall–Kier alpha value is -8.48. The Balaban J connectivity index is 1.77. The summed E-state index contributed by atoms with van der Waals surface area (Å²) in [4.78, 5) is 164. The zero-order valence-electron chi connectivity index (χ0n) is 57.2. The van der Waals surface area contributed by atoms with Crippen molar-refractivity contribution < 1.29 is 82.0 Å². The highest BCUT2D eigenvalue weighted by Crippen LogP contribution is 2.31. The van der Waals surface area contributed by atoms with E-state index < -0.39 is 163 Å². The van der Waals surface area contributed by atoms with Gasteiger partial charge in [0.05, 0.1) is 68.4 Å². The molecule has 0 saturated carbocycles. The number of aliphatic carboxylic acids is 1. The maximum atomic E-state index is 14.8. The highest BCUT2D eigenvalue weighted by molar-refractivity contribution is 5.99. The second-order valence-electron chi connectivity index (χ2n) is 25.0. The van der Waals surface area contributed by atoms with E-state index in [2.05, 4.69) is 42.5 Å². The highest BCUT2D eigenvalue weighted by Gasteiger charge is 2.44. The summed E-state index contributed by atoms with van der Waals surface area (Å²) in [6.45, 7) is 16.4. The molecule has 0 radical (unpaired) electrons. The Morgan fingerprint density at radius 1 is 0.684 bits per heavy atom. The Kier molecular flexibility index (Phi) is 33.5. The molecule has 3 rings (SSSR count). The number of nitrogens with two attached hydrogens (primary N) is 2. The van der Waals surface area contributed by atoms with Gasteiger partial charge in [-0.1, -0.05) is 111 Å². The second kappa shape index (κ2) is 39.4. The molecule has 0 spiro atoms. The number of benzene rings is 2. The van der Waals surface area contributed by atoms with Crippen LogP contribution >= 0.6 is 0 Å². The molecule has 13 atom stereocenters. The summed E-state index contributed by atoms with van der Waals surface area (Å²) in [5.41, 5.74) is 11.1. The van der Waals surface area contributed by atoms with Crippen molar-refractivity contribution in [3.63, 3.8) is 0 Å². The van der Waals surface area contributed by atoms with Gasteiger partial charge in [-0.2, -0.15) is 0 Å². The van der Waals surface area contributed by atoms with E-state index >= 15 is 0 Å². The van der Waals surface area contributed by atoms with E-state index in [-0.39, 0.29) is 61.3 Å². The van der Waals surface area contributed by atoms with E-state index in [0.29, 0.717) is 31.4 Å². The van der Waals surface area contributed by atoms with Crippen LogP contribution in [0.25, 0.3) is 0 Å². The zero-order chi connectivity index (χ0) is 71.6. The first-order chi connectivity index (χ1) is 44.7. The van der Waals surface area contributed by atoms with Crippen LogP contribution in [0.2, 0.25) is 0 Å². The van der Waals surface area contributed by atoms with Gasteiger partial charge in [0.25, 0.3) is 0 Å². The molecule has 0 aliphatic carbocycles. The van der Waals surface area contributed by atoms with Crippen molar-refractivity contribution in [2.45, 2.75) is 174 Å². The first kappa shape index (κ1) is 80.8. The van der Waals surface area contributed by atoms with Crippen molar-refractivity contribution in [1.29, 1.82) is 0 Å². The molecular weight excluding hydrogens is 1230 g/mol. The summed E-state index contributed by atoms with van der Waals surface area (Å²) in [5, 5.41) is 41.9. The third kappa shape index (κ3) is 24.4. The normalized spacial score (nSPS) is 16.7. The molecule has 0 aromatic heterocycles. The number of hydrogen-bond donors (Lipinski definition) is 12. The summed E-state index contributed by atoms with van der Waals surface area (Å²) < 4.78 is 17.6. The number of ether oxygens (including phenoxy) is 3. The van der Waals surface area contributed by atoms with Crippen molar-refractivity contribution in [2.24, 2.45) is 41.1 Å². The molecule has 1 unspecified atom stereocenters. The second-order valence-corrected chi connectivity index (χ2v) is 25.0. The SMILES string of the molecule is CC[C@H](C)[C@@H]([C@@H](CC(=O)N1CCC[C@H]1[C@H](OC)[C@@H](C)C(=O)N[C@H](C)[C@@H](O)c1ccccc1)OC)N(C)C(=O)[C@@H](NC(=O)[C@H](C(C)C)N(C)C(=O)OC(C(=O)O)c1ccc(NC(=O)[C@H](CCCNC(N)=O)NC(=O)[C@@H](NC(=O)CNC(=O)CNC(=O)CN)C(C)C)cc1)C(C)C. The third-order valence-corrected chi connectivity index (χ3v) is 16.9. The van der Waals surface area contributed by atoms with Gasteiger partial charge in [-0.3, -0.25) is 48.1 Å². The standard InChI is InChI=1S/C65H103N13O17/c1-15-38(8)54(46(93-13)31-50(82)78-30-20-24-45(78)56(94-14)39(9)58(84)71-40(10)55(83)41-21-17-16-18-22-41)76(11)62(88)52(36(4)5)75-61(87)53(37(6)7)77(12)65(92)95-57(63(89)90)42-25-27-43(28-26-42)72-59(85)44(23-19-29-68-64(67)91)73-60(86)51(35(2)3)74-49(81)34-70-48(80)33-69-47(79)32-66/h16-18,21-22,25-28,35-40,44-46,51-57,83H,15,19-20,23-24,29-34,66H2,1-14H3,(H,69,79)(H,70,80)(H,71,84)(H,72,85)(H,73,86)(H,74,81)(H,75,87)(H,89,90)(H3,67,68,91)/t38-,39+,40+,44-,45-,46+,51-,52-,53-,54-,55+,56+,57?/m0/s1. The lowest BCUT2D eigenvalue weighted by Crippen LogP contribution is -2.60. The van der Waals surface area contributed by atoms with Gasteiger partial charge >= 0.3 is 18.1 Å². The third-order valence-electron chi connectivity index (χ3n) is 16.9. The highest BCUT2D eigenvalue weighted by atomic mass is 16.6. The molecule has 14 N–H and O–H groups in total. The number of rotatable bonds is 38. The van der Waals surface area contributed by atoms with Crippen molar-refractivity contribution in [2.75, 3.05) is 66.4 Å². The number of nitrogens with zero attached hydrogens (tertiary/aromatic N) is 3. The van der Waals surface area contributed by atoms with Crippen LogP contribution in [-0.4, -0.2) is 212 Å². The van der Waals surface area contributed by atoms with Crippen LogP contribution in [0.4, 0.5) is 15.3 Å². The Labute approximate surface area is 556 Å². The monoisotopic (exact) mass is 1340 g/mol. The van der Waals surface area contributed by atoms with Crippen LogP contribution in [0.3, 0.4) is 0 Å². The Morgan fingerprint density at radius 3 is 1.84 bits per heavy atom. The van der Waals surface area contributed by atoms with E-state index in [9.17, 15) is 67.7 Å². The number of carboxylic acids is 1. The van der Waals surface area contributed by atoms with Gasteiger partial charge < -0.3 is 88.2 Å². The molecule has 1 fully saturated rings. The van der Waals surface area contributed by atoms with Crippen molar-refractivity contribution in [3.8, 4) is 0 Å². The maximum absolute atomic E-state index is 14.8. The number of carbonyl (C=O) groups is 12. The molecule has 95 heavy (non-hydrogen) atoms. The number of carbonyl (C=O) groups excluding carboxylic acids is 11. The lowest BCUT2D eigenvalue weighted by molar-refractivity contribution is -0.148. The number of aliphatic hydroxyl groups is 1. The molecule has 30 heteroatoms. The minimum absolute atomic E-state index is 0.0255. The van der Waals surface area contributed by atoms with Gasteiger partial charge in [0, 0.05) is 52.7 Å². The number of likely N-dealkylation sites (N-methyl/N-ethyl adjacent to an activating group) is 2. The summed E-state index contributed by atoms with van der Waals surface area (Å²) >= 11 is 0. The van der Waals surface area contributed by atoms with E-state index in [4.69, 9.17) is 25.7 Å². The first-order valence-corrected chi connectivity index (χ1v) is 32.1. The average molecular weight is 1340 g/mol.